The van der Waals surface area contributed by atoms with E-state index in [1.54, 1.807) is 0 Å². The normalized spacial score (nSPS) is 15.1. The van der Waals surface area contributed by atoms with Gasteiger partial charge in [0.2, 0.25) is 5.95 Å². The number of fused-ring (bicyclic) bond motifs is 1. The quantitative estimate of drug-likeness (QED) is 0.820. The van der Waals surface area contributed by atoms with Crippen LogP contribution in [0.3, 0.4) is 0 Å². The Hall–Kier alpha value is -1.66. The van der Waals surface area contributed by atoms with E-state index in [0.29, 0.717) is 5.95 Å². The Morgan fingerprint density at radius 3 is 2.88 bits per heavy atom. The highest BCUT2D eigenvalue weighted by Gasteiger charge is 2.19. The molecule has 0 spiro atoms. The number of halogens is 1. The summed E-state index contributed by atoms with van der Waals surface area (Å²) in [6.45, 7) is 5.86. The second-order valence-corrected chi connectivity index (χ2v) is 7.12. The van der Waals surface area contributed by atoms with Crippen LogP contribution in [0.5, 0.6) is 0 Å². The molecule has 0 amide bonds. The molecule has 3 rings (SSSR count). The number of nitrogens with zero attached hydrogens (tertiary/aromatic N) is 3. The Labute approximate surface area is 151 Å². The number of aliphatic hydroxyl groups is 1. The van der Waals surface area contributed by atoms with E-state index >= 15 is 0 Å². The summed E-state index contributed by atoms with van der Waals surface area (Å²) in [4.78, 5) is 11.5. The molecule has 24 heavy (non-hydrogen) atoms. The fraction of sp³-hybridized carbons (Fsp3) is 0.444. The van der Waals surface area contributed by atoms with Crippen LogP contribution in [0.25, 0.3) is 0 Å². The van der Waals surface area contributed by atoms with Crippen LogP contribution >= 0.6 is 15.9 Å². The number of anilines is 2. The summed E-state index contributed by atoms with van der Waals surface area (Å²) >= 11 is 3.56. The van der Waals surface area contributed by atoms with Crippen molar-refractivity contribution >= 4 is 27.7 Å². The third-order valence-corrected chi connectivity index (χ3v) is 4.78. The molecule has 5 nitrogen and oxygen atoms in total. The number of rotatable bonds is 5. The van der Waals surface area contributed by atoms with E-state index in [0.717, 1.165) is 41.9 Å². The van der Waals surface area contributed by atoms with Gasteiger partial charge in [-0.3, -0.25) is 0 Å². The maximum atomic E-state index is 9.24. The van der Waals surface area contributed by atoms with Crippen LogP contribution in [-0.2, 0) is 19.4 Å². The van der Waals surface area contributed by atoms with E-state index < -0.39 is 0 Å². The van der Waals surface area contributed by atoms with E-state index in [2.05, 4.69) is 67.3 Å². The molecule has 1 aliphatic heterocycles. The first-order chi connectivity index (χ1) is 11.6. The first-order valence-corrected chi connectivity index (χ1v) is 9.16. The van der Waals surface area contributed by atoms with Gasteiger partial charge in [-0.25, -0.2) is 4.98 Å². The topological polar surface area (TPSA) is 61.3 Å². The fourth-order valence-corrected chi connectivity index (χ4v) is 3.29. The molecule has 128 valence electrons. The van der Waals surface area contributed by atoms with E-state index in [1.807, 2.05) is 6.92 Å². The molecule has 0 saturated heterocycles. The summed E-state index contributed by atoms with van der Waals surface area (Å²) in [6, 6.07) is 8.49. The SMILES string of the molecule is CCc1cc(N2CCc3ccc(Br)cc3C2)nc(N[C@H](C)CO)n1. The zero-order valence-corrected chi connectivity index (χ0v) is 15.7. The Morgan fingerprint density at radius 1 is 1.29 bits per heavy atom. The minimum absolute atomic E-state index is 0.0557. The highest BCUT2D eigenvalue weighted by atomic mass is 79.9. The van der Waals surface area contributed by atoms with Gasteiger partial charge in [0.25, 0.3) is 0 Å². The molecule has 0 aliphatic carbocycles. The van der Waals surface area contributed by atoms with Crippen molar-refractivity contribution in [2.24, 2.45) is 0 Å². The molecular weight excluding hydrogens is 368 g/mol. The third kappa shape index (κ3) is 3.87. The number of aryl methyl sites for hydroxylation is 1. The summed E-state index contributed by atoms with van der Waals surface area (Å²) in [5.74, 6) is 1.53. The third-order valence-electron chi connectivity index (χ3n) is 4.28. The first-order valence-electron chi connectivity index (χ1n) is 8.36. The molecule has 2 aromatic rings. The molecule has 0 radical (unpaired) electrons. The summed E-state index contributed by atoms with van der Waals surface area (Å²) in [5, 5.41) is 12.4. The lowest BCUT2D eigenvalue weighted by Gasteiger charge is -2.30. The van der Waals surface area contributed by atoms with Crippen LogP contribution in [-0.4, -0.2) is 34.3 Å². The van der Waals surface area contributed by atoms with Crippen molar-refractivity contribution in [3.8, 4) is 0 Å². The Kier molecular flexibility index (Phi) is 5.36. The summed E-state index contributed by atoms with van der Waals surface area (Å²) in [7, 11) is 0. The second kappa shape index (κ2) is 7.49. The molecule has 1 atom stereocenters. The van der Waals surface area contributed by atoms with E-state index in [9.17, 15) is 5.11 Å². The van der Waals surface area contributed by atoms with Gasteiger partial charge >= 0.3 is 0 Å². The van der Waals surface area contributed by atoms with Gasteiger partial charge in [-0.05, 0) is 43.0 Å². The molecule has 6 heteroatoms. The number of hydrogen-bond donors (Lipinski definition) is 2. The maximum Gasteiger partial charge on any atom is 0.225 e. The molecule has 0 fully saturated rings. The predicted octanol–water partition coefficient (Wildman–Crippen LogP) is 3.16. The van der Waals surface area contributed by atoms with E-state index in [-0.39, 0.29) is 12.6 Å². The van der Waals surface area contributed by atoms with Gasteiger partial charge in [0.05, 0.1) is 6.61 Å². The first kappa shape index (κ1) is 17.2. The predicted molar refractivity (Wildman–Crippen MR) is 100 cm³/mol. The van der Waals surface area contributed by atoms with Crippen molar-refractivity contribution in [2.45, 2.75) is 39.3 Å². The molecular formula is C18H23BrN4O. The number of aliphatic hydroxyl groups excluding tert-OH is 1. The molecule has 2 heterocycles. The van der Waals surface area contributed by atoms with Gasteiger partial charge in [0, 0.05) is 35.4 Å². The lowest BCUT2D eigenvalue weighted by atomic mass is 10.00. The zero-order valence-electron chi connectivity index (χ0n) is 14.1. The lowest BCUT2D eigenvalue weighted by molar-refractivity contribution is 0.281. The number of nitrogens with one attached hydrogen (secondary N) is 1. The molecule has 0 saturated carbocycles. The van der Waals surface area contributed by atoms with Gasteiger partial charge in [0.15, 0.2) is 0 Å². The zero-order chi connectivity index (χ0) is 17.1. The monoisotopic (exact) mass is 390 g/mol. The van der Waals surface area contributed by atoms with Crippen LogP contribution in [0.15, 0.2) is 28.7 Å². The van der Waals surface area contributed by atoms with Crippen LogP contribution in [0.1, 0.15) is 30.7 Å². The Bertz CT molecular complexity index is 722. The number of hydrogen-bond acceptors (Lipinski definition) is 5. The van der Waals surface area contributed by atoms with Crippen LogP contribution < -0.4 is 10.2 Å². The highest BCUT2D eigenvalue weighted by Crippen LogP contribution is 2.26. The van der Waals surface area contributed by atoms with Crippen molar-refractivity contribution in [1.82, 2.24) is 9.97 Å². The Balaban J connectivity index is 1.87. The molecule has 0 bridgehead atoms. The average Bonchev–Trinajstić information content (AvgIpc) is 2.60. The van der Waals surface area contributed by atoms with Crippen molar-refractivity contribution in [2.75, 3.05) is 23.4 Å². The molecule has 0 unspecified atom stereocenters. The van der Waals surface area contributed by atoms with E-state index in [4.69, 9.17) is 0 Å². The average molecular weight is 391 g/mol. The largest absolute Gasteiger partial charge is 0.394 e. The van der Waals surface area contributed by atoms with Crippen LogP contribution in [0.2, 0.25) is 0 Å². The van der Waals surface area contributed by atoms with Crippen molar-refractivity contribution in [3.05, 3.63) is 45.6 Å². The number of benzene rings is 1. The fourth-order valence-electron chi connectivity index (χ4n) is 2.88. The van der Waals surface area contributed by atoms with Crippen molar-refractivity contribution in [3.63, 3.8) is 0 Å². The van der Waals surface area contributed by atoms with Gasteiger partial charge in [-0.15, -0.1) is 0 Å². The minimum Gasteiger partial charge on any atom is -0.394 e. The Morgan fingerprint density at radius 2 is 2.12 bits per heavy atom. The molecule has 1 aromatic heterocycles. The maximum absolute atomic E-state index is 9.24. The summed E-state index contributed by atoms with van der Waals surface area (Å²) < 4.78 is 1.11. The molecule has 2 N–H and O–H groups in total. The minimum atomic E-state index is -0.0667. The van der Waals surface area contributed by atoms with E-state index in [1.165, 1.54) is 11.1 Å². The number of aromatic nitrogens is 2. The highest BCUT2D eigenvalue weighted by molar-refractivity contribution is 9.10. The van der Waals surface area contributed by atoms with Gasteiger partial charge in [-0.1, -0.05) is 28.9 Å². The van der Waals surface area contributed by atoms with Gasteiger partial charge < -0.3 is 15.3 Å². The van der Waals surface area contributed by atoms with Crippen molar-refractivity contribution in [1.29, 1.82) is 0 Å². The molecule has 1 aromatic carbocycles. The van der Waals surface area contributed by atoms with Crippen LogP contribution in [0, 0.1) is 0 Å². The molecule has 1 aliphatic rings. The van der Waals surface area contributed by atoms with Crippen molar-refractivity contribution < 1.29 is 5.11 Å². The lowest BCUT2D eigenvalue weighted by Crippen LogP contribution is -2.31. The summed E-state index contributed by atoms with van der Waals surface area (Å²) in [6.07, 6.45) is 1.87. The second-order valence-electron chi connectivity index (χ2n) is 6.21. The van der Waals surface area contributed by atoms with Gasteiger partial charge in [-0.2, -0.15) is 4.98 Å². The standard InChI is InChI=1S/C18H23BrN4O/c1-3-16-9-17(22-18(21-16)20-12(2)11-24)23-7-6-13-4-5-15(19)8-14(13)10-23/h4-5,8-9,12,24H,3,6-7,10-11H2,1-2H3,(H,20,21,22)/t12-/m1/s1. The summed E-state index contributed by atoms with van der Waals surface area (Å²) in [5.41, 5.74) is 3.75. The van der Waals surface area contributed by atoms with Crippen LogP contribution in [0.4, 0.5) is 11.8 Å². The smallest absolute Gasteiger partial charge is 0.225 e. The van der Waals surface area contributed by atoms with Gasteiger partial charge in [0.1, 0.15) is 5.82 Å².